The fourth-order valence-corrected chi connectivity index (χ4v) is 1.80. The van der Waals surface area contributed by atoms with E-state index in [1.54, 1.807) is 6.07 Å². The van der Waals surface area contributed by atoms with Crippen molar-refractivity contribution >= 4 is 16.5 Å². The van der Waals surface area contributed by atoms with Gasteiger partial charge in [0.1, 0.15) is 5.75 Å². The van der Waals surface area contributed by atoms with Crippen LogP contribution in [0.25, 0.3) is 10.6 Å². The number of aromatic hydroxyl groups is 1. The van der Waals surface area contributed by atoms with Crippen LogP contribution in [0.2, 0.25) is 0 Å². The van der Waals surface area contributed by atoms with Crippen molar-refractivity contribution < 1.29 is 5.11 Å². The average Bonchev–Trinajstić information content (AvgIpc) is 2.56. The van der Waals surface area contributed by atoms with Crippen LogP contribution in [0, 0.1) is 6.92 Å². The Balaban J connectivity index is 2.55. The van der Waals surface area contributed by atoms with E-state index >= 15 is 0 Å². The SMILES string of the molecule is Cc1ccc(O)c(-c2nnc(N)s2)c1. The Morgan fingerprint density at radius 1 is 1.36 bits per heavy atom. The van der Waals surface area contributed by atoms with Gasteiger partial charge in [0.15, 0.2) is 5.01 Å². The average molecular weight is 207 g/mol. The number of benzene rings is 1. The van der Waals surface area contributed by atoms with Crippen LogP contribution in [0.3, 0.4) is 0 Å². The molecule has 4 nitrogen and oxygen atoms in total. The molecular weight excluding hydrogens is 198 g/mol. The van der Waals surface area contributed by atoms with Crippen LogP contribution in [0.5, 0.6) is 5.75 Å². The number of hydrogen-bond acceptors (Lipinski definition) is 5. The summed E-state index contributed by atoms with van der Waals surface area (Å²) in [4.78, 5) is 0. The molecule has 1 heterocycles. The smallest absolute Gasteiger partial charge is 0.203 e. The molecule has 0 aliphatic heterocycles. The largest absolute Gasteiger partial charge is 0.507 e. The maximum atomic E-state index is 9.60. The highest BCUT2D eigenvalue weighted by Crippen LogP contribution is 2.32. The Kier molecular flexibility index (Phi) is 2.09. The van der Waals surface area contributed by atoms with E-state index in [1.807, 2.05) is 19.1 Å². The summed E-state index contributed by atoms with van der Waals surface area (Å²) in [5, 5.41) is 18.2. The molecule has 14 heavy (non-hydrogen) atoms. The van der Waals surface area contributed by atoms with Gasteiger partial charge in [0.2, 0.25) is 5.13 Å². The molecule has 2 aromatic rings. The third kappa shape index (κ3) is 1.54. The second-order valence-corrected chi connectivity index (χ2v) is 3.98. The van der Waals surface area contributed by atoms with E-state index < -0.39 is 0 Å². The molecule has 0 atom stereocenters. The van der Waals surface area contributed by atoms with Gasteiger partial charge in [-0.25, -0.2) is 0 Å². The highest BCUT2D eigenvalue weighted by Gasteiger charge is 2.09. The maximum absolute atomic E-state index is 9.60. The molecule has 0 saturated carbocycles. The zero-order valence-electron chi connectivity index (χ0n) is 7.56. The number of aryl methyl sites for hydroxylation is 1. The van der Waals surface area contributed by atoms with Crippen LogP contribution in [-0.2, 0) is 0 Å². The minimum Gasteiger partial charge on any atom is -0.507 e. The van der Waals surface area contributed by atoms with Crippen molar-refractivity contribution in [2.45, 2.75) is 6.92 Å². The second kappa shape index (κ2) is 3.26. The lowest BCUT2D eigenvalue weighted by Crippen LogP contribution is -1.81. The third-order valence-electron chi connectivity index (χ3n) is 1.82. The Morgan fingerprint density at radius 2 is 2.14 bits per heavy atom. The van der Waals surface area contributed by atoms with Gasteiger partial charge >= 0.3 is 0 Å². The van der Waals surface area contributed by atoms with Crippen LogP contribution in [0.1, 0.15) is 5.56 Å². The van der Waals surface area contributed by atoms with Crippen LogP contribution in [0.4, 0.5) is 5.13 Å². The fraction of sp³-hybridized carbons (Fsp3) is 0.111. The Hall–Kier alpha value is -1.62. The molecule has 0 aliphatic rings. The van der Waals surface area contributed by atoms with Gasteiger partial charge in [-0.05, 0) is 19.1 Å². The summed E-state index contributed by atoms with van der Waals surface area (Å²) >= 11 is 1.26. The summed E-state index contributed by atoms with van der Waals surface area (Å²) in [6, 6.07) is 5.33. The monoisotopic (exact) mass is 207 g/mol. The van der Waals surface area contributed by atoms with Crippen molar-refractivity contribution in [3.05, 3.63) is 23.8 Å². The van der Waals surface area contributed by atoms with Crippen LogP contribution < -0.4 is 5.73 Å². The predicted molar refractivity (Wildman–Crippen MR) is 56.2 cm³/mol. The summed E-state index contributed by atoms with van der Waals surface area (Å²) in [5.41, 5.74) is 7.21. The zero-order chi connectivity index (χ0) is 10.1. The third-order valence-corrected chi connectivity index (χ3v) is 2.61. The number of nitrogens with zero attached hydrogens (tertiary/aromatic N) is 2. The Morgan fingerprint density at radius 3 is 2.79 bits per heavy atom. The number of hydrogen-bond donors (Lipinski definition) is 2. The van der Waals surface area contributed by atoms with Crippen molar-refractivity contribution in [1.82, 2.24) is 10.2 Å². The molecule has 1 aromatic heterocycles. The molecule has 0 spiro atoms. The van der Waals surface area contributed by atoms with Gasteiger partial charge in [0.25, 0.3) is 0 Å². The first-order valence-corrected chi connectivity index (χ1v) is 4.87. The van der Waals surface area contributed by atoms with Gasteiger partial charge in [0, 0.05) is 0 Å². The molecule has 1 aromatic carbocycles. The van der Waals surface area contributed by atoms with E-state index in [-0.39, 0.29) is 5.75 Å². The first-order chi connectivity index (χ1) is 6.66. The number of nitrogen functional groups attached to an aromatic ring is 1. The Bertz CT molecular complexity index is 467. The first-order valence-electron chi connectivity index (χ1n) is 4.06. The van der Waals surface area contributed by atoms with Gasteiger partial charge in [-0.2, -0.15) is 0 Å². The van der Waals surface area contributed by atoms with Crippen LogP contribution in [0.15, 0.2) is 18.2 Å². The zero-order valence-corrected chi connectivity index (χ0v) is 8.38. The van der Waals surface area contributed by atoms with E-state index in [0.29, 0.717) is 15.7 Å². The van der Waals surface area contributed by atoms with Crippen molar-refractivity contribution in [2.75, 3.05) is 5.73 Å². The van der Waals surface area contributed by atoms with Gasteiger partial charge in [-0.1, -0.05) is 23.0 Å². The fourth-order valence-electron chi connectivity index (χ4n) is 1.16. The maximum Gasteiger partial charge on any atom is 0.203 e. The number of aromatic nitrogens is 2. The van der Waals surface area contributed by atoms with Crippen molar-refractivity contribution in [2.24, 2.45) is 0 Å². The van der Waals surface area contributed by atoms with Crippen molar-refractivity contribution in [1.29, 1.82) is 0 Å². The molecule has 0 saturated heterocycles. The lowest BCUT2D eigenvalue weighted by atomic mass is 10.1. The minimum atomic E-state index is 0.201. The topological polar surface area (TPSA) is 72.0 Å². The number of phenolic OH excluding ortho intramolecular Hbond substituents is 1. The molecular formula is C9H9N3OS. The highest BCUT2D eigenvalue weighted by molar-refractivity contribution is 7.18. The molecule has 0 aliphatic carbocycles. The number of rotatable bonds is 1. The minimum absolute atomic E-state index is 0.201. The summed E-state index contributed by atoms with van der Waals surface area (Å²) < 4.78 is 0. The van der Waals surface area contributed by atoms with Gasteiger partial charge in [0.05, 0.1) is 5.56 Å². The Labute approximate surface area is 85.0 Å². The summed E-state index contributed by atoms with van der Waals surface area (Å²) in [7, 11) is 0. The number of nitrogens with two attached hydrogens (primary N) is 1. The standard InChI is InChI=1S/C9H9N3OS/c1-5-2-3-7(13)6(4-5)8-11-12-9(10)14-8/h2-4,13H,1H3,(H2,10,12). The molecule has 0 bridgehead atoms. The predicted octanol–water partition coefficient (Wildman–Crippen LogP) is 1.80. The summed E-state index contributed by atoms with van der Waals surface area (Å²) in [6.45, 7) is 1.95. The summed E-state index contributed by atoms with van der Waals surface area (Å²) in [6.07, 6.45) is 0. The molecule has 0 fully saturated rings. The molecule has 5 heteroatoms. The first kappa shape index (κ1) is 8.96. The molecule has 0 radical (unpaired) electrons. The van der Waals surface area contributed by atoms with Gasteiger partial charge in [-0.15, -0.1) is 10.2 Å². The molecule has 2 rings (SSSR count). The van der Waals surface area contributed by atoms with E-state index in [1.165, 1.54) is 11.3 Å². The van der Waals surface area contributed by atoms with E-state index in [4.69, 9.17) is 5.73 Å². The molecule has 3 N–H and O–H groups in total. The lowest BCUT2D eigenvalue weighted by molar-refractivity contribution is 0.477. The molecule has 72 valence electrons. The number of phenols is 1. The summed E-state index contributed by atoms with van der Waals surface area (Å²) in [5.74, 6) is 0.201. The van der Waals surface area contributed by atoms with Crippen molar-refractivity contribution in [3.63, 3.8) is 0 Å². The molecule has 0 unspecified atom stereocenters. The van der Waals surface area contributed by atoms with Gasteiger partial charge in [-0.3, -0.25) is 0 Å². The second-order valence-electron chi connectivity index (χ2n) is 2.97. The van der Waals surface area contributed by atoms with E-state index in [0.717, 1.165) is 5.56 Å². The molecule has 0 amide bonds. The van der Waals surface area contributed by atoms with Crippen LogP contribution in [-0.4, -0.2) is 15.3 Å². The lowest BCUT2D eigenvalue weighted by Gasteiger charge is -2.00. The van der Waals surface area contributed by atoms with Crippen molar-refractivity contribution in [3.8, 4) is 16.3 Å². The van der Waals surface area contributed by atoms with E-state index in [2.05, 4.69) is 10.2 Å². The highest BCUT2D eigenvalue weighted by atomic mass is 32.1. The van der Waals surface area contributed by atoms with Crippen LogP contribution >= 0.6 is 11.3 Å². The number of anilines is 1. The van der Waals surface area contributed by atoms with E-state index in [9.17, 15) is 5.11 Å². The van der Waals surface area contributed by atoms with Gasteiger partial charge < -0.3 is 10.8 Å². The quantitative estimate of drug-likeness (QED) is 0.748. The normalized spacial score (nSPS) is 10.4.